The molecule has 0 saturated carbocycles. The van der Waals surface area contributed by atoms with Crippen molar-refractivity contribution in [3.8, 4) is 17.5 Å². The fraction of sp³-hybridized carbons (Fsp3) is 0.308. The minimum atomic E-state index is -0.957. The molecule has 0 saturated heterocycles. The highest BCUT2D eigenvalue weighted by Gasteiger charge is 2.13. The molecule has 0 radical (unpaired) electrons. The first kappa shape index (κ1) is 13.1. The van der Waals surface area contributed by atoms with E-state index in [-0.39, 0.29) is 11.7 Å². The van der Waals surface area contributed by atoms with Gasteiger partial charge in [0.2, 0.25) is 11.7 Å². The molecule has 0 aliphatic heterocycles. The van der Waals surface area contributed by atoms with Gasteiger partial charge in [0, 0.05) is 18.4 Å². The van der Waals surface area contributed by atoms with Crippen molar-refractivity contribution in [1.29, 1.82) is 5.26 Å². The molecule has 0 aliphatic rings. The Labute approximate surface area is 108 Å². The van der Waals surface area contributed by atoms with Gasteiger partial charge in [0.05, 0.1) is 6.07 Å². The zero-order chi connectivity index (χ0) is 13.8. The van der Waals surface area contributed by atoms with E-state index in [4.69, 9.17) is 9.78 Å². The maximum absolute atomic E-state index is 13.1. The molecule has 0 bridgehead atoms. The Hall–Kier alpha value is -2.29. The lowest BCUT2D eigenvalue weighted by atomic mass is 10.1. The van der Waals surface area contributed by atoms with Crippen molar-refractivity contribution in [2.24, 2.45) is 5.92 Å². The number of hydrogen-bond donors (Lipinski definition) is 0. The van der Waals surface area contributed by atoms with Gasteiger partial charge < -0.3 is 4.52 Å². The van der Waals surface area contributed by atoms with Crippen LogP contribution in [0.3, 0.4) is 0 Å². The van der Waals surface area contributed by atoms with Crippen molar-refractivity contribution in [2.75, 3.05) is 0 Å². The van der Waals surface area contributed by atoms with Crippen molar-refractivity contribution in [2.45, 2.75) is 19.8 Å². The standard InChI is InChI=1S/C13H11F2N3O/c1-8(4-5-16)6-12-17-13(18-19-12)9-2-3-10(14)11(15)7-9/h2-3,7-8H,4,6H2,1H3. The zero-order valence-electron chi connectivity index (χ0n) is 10.2. The topological polar surface area (TPSA) is 62.7 Å². The lowest BCUT2D eigenvalue weighted by Crippen LogP contribution is -1.98. The number of rotatable bonds is 4. The van der Waals surface area contributed by atoms with E-state index in [0.29, 0.717) is 24.3 Å². The largest absolute Gasteiger partial charge is 0.339 e. The minimum absolute atomic E-state index is 0.100. The molecule has 19 heavy (non-hydrogen) atoms. The second kappa shape index (κ2) is 5.57. The van der Waals surface area contributed by atoms with Gasteiger partial charge in [0.1, 0.15) is 0 Å². The van der Waals surface area contributed by atoms with Gasteiger partial charge >= 0.3 is 0 Å². The lowest BCUT2D eigenvalue weighted by molar-refractivity contribution is 0.359. The van der Waals surface area contributed by atoms with Gasteiger partial charge in [0.25, 0.3) is 0 Å². The summed E-state index contributed by atoms with van der Waals surface area (Å²) in [5.74, 6) is -1.19. The third-order valence-electron chi connectivity index (χ3n) is 2.61. The molecule has 1 atom stereocenters. The molecule has 0 spiro atoms. The fourth-order valence-corrected chi connectivity index (χ4v) is 1.62. The summed E-state index contributed by atoms with van der Waals surface area (Å²) in [4.78, 5) is 4.10. The Morgan fingerprint density at radius 1 is 1.37 bits per heavy atom. The van der Waals surface area contributed by atoms with E-state index < -0.39 is 11.6 Å². The Kier molecular flexibility index (Phi) is 3.85. The average Bonchev–Trinajstić information content (AvgIpc) is 2.81. The number of nitrogens with zero attached hydrogens (tertiary/aromatic N) is 3. The van der Waals surface area contributed by atoms with E-state index in [9.17, 15) is 8.78 Å². The Morgan fingerprint density at radius 2 is 2.16 bits per heavy atom. The summed E-state index contributed by atoms with van der Waals surface area (Å²) < 4.78 is 30.9. The maximum Gasteiger partial charge on any atom is 0.227 e. The van der Waals surface area contributed by atoms with Crippen LogP contribution in [-0.2, 0) is 6.42 Å². The Balaban J connectivity index is 2.16. The third kappa shape index (κ3) is 3.13. The highest BCUT2D eigenvalue weighted by Crippen LogP contribution is 2.19. The average molecular weight is 263 g/mol. The van der Waals surface area contributed by atoms with Crippen molar-refractivity contribution >= 4 is 0 Å². The smallest absolute Gasteiger partial charge is 0.227 e. The Morgan fingerprint density at radius 3 is 2.84 bits per heavy atom. The van der Waals surface area contributed by atoms with E-state index in [1.165, 1.54) is 6.07 Å². The first-order chi connectivity index (χ1) is 9.10. The van der Waals surface area contributed by atoms with Gasteiger partial charge in [-0.3, -0.25) is 0 Å². The monoisotopic (exact) mass is 263 g/mol. The summed E-state index contributed by atoms with van der Waals surface area (Å²) >= 11 is 0. The summed E-state index contributed by atoms with van der Waals surface area (Å²) in [5.41, 5.74) is 0.349. The second-order valence-corrected chi connectivity index (χ2v) is 4.31. The number of nitriles is 1. The molecule has 6 heteroatoms. The molecule has 1 unspecified atom stereocenters. The van der Waals surface area contributed by atoms with Crippen molar-refractivity contribution < 1.29 is 13.3 Å². The van der Waals surface area contributed by atoms with E-state index >= 15 is 0 Å². The van der Waals surface area contributed by atoms with Crippen LogP contribution in [0.5, 0.6) is 0 Å². The summed E-state index contributed by atoms with van der Waals surface area (Å²) in [6.07, 6.45) is 0.868. The van der Waals surface area contributed by atoms with Crippen LogP contribution in [0, 0.1) is 28.9 Å². The first-order valence-electron chi connectivity index (χ1n) is 5.75. The zero-order valence-corrected chi connectivity index (χ0v) is 10.2. The predicted octanol–water partition coefficient (Wildman–Crippen LogP) is 3.11. The second-order valence-electron chi connectivity index (χ2n) is 4.31. The van der Waals surface area contributed by atoms with E-state index in [0.717, 1.165) is 12.1 Å². The van der Waals surface area contributed by atoms with Crippen LogP contribution in [-0.4, -0.2) is 10.1 Å². The molecular weight excluding hydrogens is 252 g/mol. The highest BCUT2D eigenvalue weighted by molar-refractivity contribution is 5.54. The van der Waals surface area contributed by atoms with E-state index in [1.54, 1.807) is 0 Å². The fourth-order valence-electron chi connectivity index (χ4n) is 1.62. The molecule has 0 aliphatic carbocycles. The number of benzene rings is 1. The molecule has 1 aromatic heterocycles. The normalized spacial score (nSPS) is 12.1. The maximum atomic E-state index is 13.1. The van der Waals surface area contributed by atoms with Gasteiger partial charge in [-0.25, -0.2) is 8.78 Å². The summed E-state index contributed by atoms with van der Waals surface area (Å²) in [5, 5.41) is 12.3. The van der Waals surface area contributed by atoms with Crippen LogP contribution in [0.2, 0.25) is 0 Å². The van der Waals surface area contributed by atoms with Crippen molar-refractivity contribution in [3.63, 3.8) is 0 Å². The summed E-state index contributed by atoms with van der Waals surface area (Å²) in [7, 11) is 0. The molecule has 2 rings (SSSR count). The molecule has 1 aromatic carbocycles. The molecule has 4 nitrogen and oxygen atoms in total. The van der Waals surface area contributed by atoms with Crippen LogP contribution in [0.1, 0.15) is 19.2 Å². The number of hydrogen-bond acceptors (Lipinski definition) is 4. The molecule has 0 N–H and O–H groups in total. The van der Waals surface area contributed by atoms with Gasteiger partial charge in [-0.15, -0.1) is 0 Å². The van der Waals surface area contributed by atoms with Gasteiger partial charge in [0.15, 0.2) is 11.6 Å². The van der Waals surface area contributed by atoms with Crippen LogP contribution in [0.4, 0.5) is 8.78 Å². The van der Waals surface area contributed by atoms with Crippen molar-refractivity contribution in [3.05, 3.63) is 35.7 Å². The third-order valence-corrected chi connectivity index (χ3v) is 2.61. The molecule has 98 valence electrons. The lowest BCUT2D eigenvalue weighted by Gasteiger charge is -2.00. The molecule has 1 heterocycles. The highest BCUT2D eigenvalue weighted by atomic mass is 19.2. The first-order valence-corrected chi connectivity index (χ1v) is 5.75. The van der Waals surface area contributed by atoms with Crippen LogP contribution in [0.25, 0.3) is 11.4 Å². The van der Waals surface area contributed by atoms with Crippen molar-refractivity contribution in [1.82, 2.24) is 10.1 Å². The van der Waals surface area contributed by atoms with Gasteiger partial charge in [-0.05, 0) is 24.1 Å². The van der Waals surface area contributed by atoms with E-state index in [2.05, 4.69) is 16.2 Å². The molecular formula is C13H11F2N3O. The summed E-state index contributed by atoms with van der Waals surface area (Å²) in [6, 6.07) is 5.47. The molecule has 2 aromatic rings. The van der Waals surface area contributed by atoms with Crippen LogP contribution >= 0.6 is 0 Å². The molecule has 0 fully saturated rings. The van der Waals surface area contributed by atoms with Gasteiger partial charge in [-0.1, -0.05) is 12.1 Å². The number of halogens is 2. The Bertz CT molecular complexity index is 619. The SMILES string of the molecule is CC(CC#N)Cc1nc(-c2ccc(F)c(F)c2)no1. The van der Waals surface area contributed by atoms with E-state index in [1.807, 2.05) is 6.92 Å². The summed E-state index contributed by atoms with van der Waals surface area (Å²) in [6.45, 7) is 1.89. The quantitative estimate of drug-likeness (QED) is 0.850. The molecule has 0 amide bonds. The minimum Gasteiger partial charge on any atom is -0.339 e. The van der Waals surface area contributed by atoms with Crippen LogP contribution < -0.4 is 0 Å². The number of aromatic nitrogens is 2. The van der Waals surface area contributed by atoms with Gasteiger partial charge in [-0.2, -0.15) is 10.2 Å². The van der Waals surface area contributed by atoms with Crippen LogP contribution in [0.15, 0.2) is 22.7 Å². The predicted molar refractivity (Wildman–Crippen MR) is 62.7 cm³/mol.